The van der Waals surface area contributed by atoms with Gasteiger partial charge in [0.05, 0.1) is 17.7 Å². The molecule has 7 nitrogen and oxygen atoms in total. The van der Waals surface area contributed by atoms with Crippen LogP contribution >= 0.6 is 23.2 Å². The molecule has 9 heteroatoms. The van der Waals surface area contributed by atoms with E-state index in [0.717, 1.165) is 4.80 Å². The lowest BCUT2D eigenvalue weighted by Gasteiger charge is -2.10. The molecule has 0 N–H and O–H groups in total. The maximum Gasteiger partial charge on any atom is 0.329 e. The lowest BCUT2D eigenvalue weighted by molar-refractivity contribution is -0.141. The molecule has 0 bridgehead atoms. The monoisotopic (exact) mass is 378 g/mol. The normalized spacial score (nSPS) is 10.5. The third-order valence-electron chi connectivity index (χ3n) is 3.19. The Morgan fingerprint density at radius 3 is 2.72 bits per heavy atom. The first kappa shape index (κ1) is 17.2. The summed E-state index contributed by atoms with van der Waals surface area (Å²) in [6.45, 7) is -0.129. The van der Waals surface area contributed by atoms with Gasteiger partial charge in [-0.3, -0.25) is 0 Å². The van der Waals surface area contributed by atoms with E-state index in [1.165, 1.54) is 7.11 Å². The zero-order valence-electron chi connectivity index (χ0n) is 13.0. The second-order valence-electron chi connectivity index (χ2n) is 4.89. The summed E-state index contributed by atoms with van der Waals surface area (Å²) in [4.78, 5) is 12.4. The molecule has 0 saturated carbocycles. The second kappa shape index (κ2) is 7.50. The van der Waals surface area contributed by atoms with Crippen molar-refractivity contribution in [2.24, 2.45) is 0 Å². The summed E-state index contributed by atoms with van der Waals surface area (Å²) in [7, 11) is 1.29. The number of para-hydroxylation sites is 1. The van der Waals surface area contributed by atoms with Crippen molar-refractivity contribution in [1.29, 1.82) is 0 Å². The number of tetrazole rings is 1. The molecule has 1 heterocycles. The van der Waals surface area contributed by atoms with Gasteiger partial charge in [-0.05, 0) is 35.5 Å². The van der Waals surface area contributed by atoms with E-state index in [1.807, 2.05) is 12.1 Å². The average Bonchev–Trinajstić information content (AvgIpc) is 3.06. The number of methoxy groups -OCH3 is 1. The number of carbonyl (C=O) groups is 1. The van der Waals surface area contributed by atoms with Crippen LogP contribution in [0.4, 0.5) is 0 Å². The van der Waals surface area contributed by atoms with Gasteiger partial charge >= 0.3 is 5.97 Å². The molecule has 0 aliphatic heterocycles. The number of hydrogen-bond donors (Lipinski definition) is 0. The smallest absolute Gasteiger partial charge is 0.329 e. The molecule has 0 atom stereocenters. The first-order valence-corrected chi connectivity index (χ1v) is 7.89. The van der Waals surface area contributed by atoms with Crippen molar-refractivity contribution in [3.63, 3.8) is 0 Å². The number of hydrogen-bond acceptors (Lipinski definition) is 6. The number of nitrogens with zero attached hydrogens (tertiary/aromatic N) is 4. The van der Waals surface area contributed by atoms with Crippen molar-refractivity contribution in [2.45, 2.75) is 6.54 Å². The molecule has 0 fully saturated rings. The van der Waals surface area contributed by atoms with Gasteiger partial charge in [0.2, 0.25) is 5.82 Å². The SMILES string of the molecule is COC(=O)Cn1nnc(-c2ccccc2Oc2ccc(Cl)cc2Cl)n1. The highest BCUT2D eigenvalue weighted by Crippen LogP contribution is 2.35. The number of esters is 1. The highest BCUT2D eigenvalue weighted by Gasteiger charge is 2.15. The number of aromatic nitrogens is 4. The Balaban J connectivity index is 1.90. The number of rotatable bonds is 5. The number of carbonyl (C=O) groups excluding carboxylic acids is 1. The standard InChI is InChI=1S/C16H12Cl2N4O3/c1-24-15(23)9-22-20-16(19-21-22)11-4-2-3-5-13(11)25-14-7-6-10(17)8-12(14)18/h2-8H,9H2,1H3. The van der Waals surface area contributed by atoms with E-state index in [9.17, 15) is 4.79 Å². The molecule has 0 spiro atoms. The highest BCUT2D eigenvalue weighted by molar-refractivity contribution is 6.35. The first-order chi connectivity index (χ1) is 12.1. The summed E-state index contributed by atoms with van der Waals surface area (Å²) in [6, 6.07) is 12.1. The molecule has 0 aliphatic carbocycles. The molecule has 128 valence electrons. The zero-order chi connectivity index (χ0) is 17.8. The summed E-state index contributed by atoms with van der Waals surface area (Å²) in [5.74, 6) is 0.774. The van der Waals surface area contributed by atoms with Crippen LogP contribution in [0.5, 0.6) is 11.5 Å². The van der Waals surface area contributed by atoms with Crippen molar-refractivity contribution < 1.29 is 14.3 Å². The minimum absolute atomic E-state index is 0.129. The van der Waals surface area contributed by atoms with Gasteiger partial charge < -0.3 is 9.47 Å². The fourth-order valence-corrected chi connectivity index (χ4v) is 2.46. The summed E-state index contributed by atoms with van der Waals surface area (Å²) in [6.07, 6.45) is 0. The van der Waals surface area contributed by atoms with Gasteiger partial charge in [0.1, 0.15) is 11.5 Å². The second-order valence-corrected chi connectivity index (χ2v) is 5.74. The van der Waals surface area contributed by atoms with E-state index in [-0.39, 0.29) is 6.54 Å². The van der Waals surface area contributed by atoms with Crippen LogP contribution in [0.15, 0.2) is 42.5 Å². The van der Waals surface area contributed by atoms with Crippen LogP contribution in [0, 0.1) is 0 Å². The Labute approximate surface area is 153 Å². The first-order valence-electron chi connectivity index (χ1n) is 7.14. The van der Waals surface area contributed by atoms with Gasteiger partial charge in [-0.15, -0.1) is 10.2 Å². The summed E-state index contributed by atoms with van der Waals surface area (Å²) in [5, 5.41) is 12.8. The van der Waals surface area contributed by atoms with E-state index in [2.05, 4.69) is 20.1 Å². The minimum atomic E-state index is -0.471. The van der Waals surface area contributed by atoms with E-state index in [0.29, 0.717) is 32.9 Å². The van der Waals surface area contributed by atoms with Gasteiger partial charge in [-0.1, -0.05) is 35.3 Å². The fourth-order valence-electron chi connectivity index (χ4n) is 2.01. The van der Waals surface area contributed by atoms with Gasteiger partial charge in [-0.2, -0.15) is 4.80 Å². The minimum Gasteiger partial charge on any atom is -0.468 e. The maximum absolute atomic E-state index is 11.3. The van der Waals surface area contributed by atoms with Crippen LogP contribution in [0.2, 0.25) is 10.0 Å². The number of ether oxygens (including phenoxy) is 2. The van der Waals surface area contributed by atoms with Crippen LogP contribution in [0.1, 0.15) is 0 Å². The molecular weight excluding hydrogens is 367 g/mol. The molecule has 0 radical (unpaired) electrons. The molecule has 3 rings (SSSR count). The van der Waals surface area contributed by atoms with Gasteiger partial charge in [0.25, 0.3) is 0 Å². The third-order valence-corrected chi connectivity index (χ3v) is 3.72. The van der Waals surface area contributed by atoms with Crippen LogP contribution in [-0.4, -0.2) is 33.3 Å². The molecule has 2 aromatic carbocycles. The lowest BCUT2D eigenvalue weighted by atomic mass is 10.2. The van der Waals surface area contributed by atoms with E-state index in [4.69, 9.17) is 27.9 Å². The largest absolute Gasteiger partial charge is 0.468 e. The molecule has 25 heavy (non-hydrogen) atoms. The Kier molecular flexibility index (Phi) is 5.16. The predicted molar refractivity (Wildman–Crippen MR) is 91.8 cm³/mol. The molecule has 0 aliphatic rings. The third kappa shape index (κ3) is 4.07. The summed E-state index contributed by atoms with van der Waals surface area (Å²) in [5.41, 5.74) is 0.602. The molecule has 0 unspecified atom stereocenters. The number of halogens is 2. The van der Waals surface area contributed by atoms with Gasteiger partial charge in [0.15, 0.2) is 6.54 Å². The molecule has 3 aromatic rings. The summed E-state index contributed by atoms with van der Waals surface area (Å²) < 4.78 is 10.4. The van der Waals surface area contributed by atoms with Crippen molar-refractivity contribution in [1.82, 2.24) is 20.2 Å². The molecule has 0 saturated heterocycles. The van der Waals surface area contributed by atoms with Crippen molar-refractivity contribution in [2.75, 3.05) is 7.11 Å². The predicted octanol–water partition coefficient (Wildman–Crippen LogP) is 3.61. The van der Waals surface area contributed by atoms with Crippen LogP contribution in [0.3, 0.4) is 0 Å². The van der Waals surface area contributed by atoms with Gasteiger partial charge in [-0.25, -0.2) is 4.79 Å². The van der Waals surface area contributed by atoms with Crippen molar-refractivity contribution in [3.8, 4) is 22.9 Å². The molecule has 1 aromatic heterocycles. The van der Waals surface area contributed by atoms with Crippen LogP contribution < -0.4 is 4.74 Å². The Hall–Kier alpha value is -2.64. The number of benzene rings is 2. The quantitative estimate of drug-likeness (QED) is 0.630. The molecular formula is C16H12Cl2N4O3. The van der Waals surface area contributed by atoms with Crippen molar-refractivity contribution in [3.05, 3.63) is 52.5 Å². The van der Waals surface area contributed by atoms with E-state index >= 15 is 0 Å². The van der Waals surface area contributed by atoms with Crippen molar-refractivity contribution >= 4 is 29.2 Å². The van der Waals surface area contributed by atoms with E-state index in [1.54, 1.807) is 30.3 Å². The van der Waals surface area contributed by atoms with Crippen LogP contribution in [-0.2, 0) is 16.1 Å². The average molecular weight is 379 g/mol. The highest BCUT2D eigenvalue weighted by atomic mass is 35.5. The maximum atomic E-state index is 11.3. The zero-order valence-corrected chi connectivity index (χ0v) is 14.5. The Morgan fingerprint density at radius 2 is 1.96 bits per heavy atom. The van der Waals surface area contributed by atoms with E-state index < -0.39 is 5.97 Å². The van der Waals surface area contributed by atoms with Gasteiger partial charge in [0, 0.05) is 5.02 Å². The fraction of sp³-hybridized carbons (Fsp3) is 0.125. The summed E-state index contributed by atoms with van der Waals surface area (Å²) >= 11 is 12.0. The lowest BCUT2D eigenvalue weighted by Crippen LogP contribution is -2.14. The Bertz CT molecular complexity index is 914. The topological polar surface area (TPSA) is 79.1 Å². The molecule has 0 amide bonds. The Morgan fingerprint density at radius 1 is 1.16 bits per heavy atom. The van der Waals surface area contributed by atoms with Crippen LogP contribution in [0.25, 0.3) is 11.4 Å².